The van der Waals surface area contributed by atoms with Gasteiger partial charge in [-0.3, -0.25) is 4.90 Å². The highest BCUT2D eigenvalue weighted by Gasteiger charge is 2.28. The Morgan fingerprint density at radius 1 is 1.43 bits per heavy atom. The van der Waals surface area contributed by atoms with Gasteiger partial charge in [0.25, 0.3) is 0 Å². The average molecular weight is 193 g/mol. The van der Waals surface area contributed by atoms with E-state index in [1.165, 1.54) is 0 Å². The fourth-order valence-corrected chi connectivity index (χ4v) is 2.07. The van der Waals surface area contributed by atoms with Crippen LogP contribution in [0.1, 0.15) is 30.2 Å². The molecule has 0 saturated heterocycles. The lowest BCUT2D eigenvalue weighted by molar-refractivity contribution is 0.0875. The molecule has 0 saturated carbocycles. The number of aromatic hydroxyl groups is 1. The summed E-state index contributed by atoms with van der Waals surface area (Å²) in [7, 11) is 1.95. The highest BCUT2D eigenvalue weighted by Crippen LogP contribution is 2.38. The highest BCUT2D eigenvalue weighted by atomic mass is 16.3. The number of nitrogens with zero attached hydrogens (tertiary/aromatic N) is 1. The first kappa shape index (κ1) is 9.49. The van der Waals surface area contributed by atoms with Crippen molar-refractivity contribution in [3.63, 3.8) is 0 Å². The monoisotopic (exact) mass is 193 g/mol. The van der Waals surface area contributed by atoms with Gasteiger partial charge in [0.2, 0.25) is 0 Å². The molecule has 76 valence electrons. The average Bonchev–Trinajstić information content (AvgIpc) is 2.14. The predicted octanol–water partition coefficient (Wildman–Crippen LogP) is 1.43. The van der Waals surface area contributed by atoms with Crippen molar-refractivity contribution >= 4 is 0 Å². The second-order valence-corrected chi connectivity index (χ2v) is 3.91. The number of phenols is 1. The molecule has 1 aliphatic rings. The minimum atomic E-state index is -0.488. The zero-order chi connectivity index (χ0) is 10.3. The number of β-amino-alcohol motifs (C(OH)–C–C–N with tert-alkyl or cyclic N) is 1. The van der Waals surface area contributed by atoms with Crippen LogP contribution >= 0.6 is 0 Å². The van der Waals surface area contributed by atoms with E-state index < -0.39 is 6.10 Å². The van der Waals surface area contributed by atoms with E-state index in [0.29, 0.717) is 6.54 Å². The van der Waals surface area contributed by atoms with Gasteiger partial charge in [-0.15, -0.1) is 0 Å². The van der Waals surface area contributed by atoms with E-state index in [4.69, 9.17) is 0 Å². The Kier molecular flexibility index (Phi) is 2.21. The number of likely N-dealkylation sites (N-methyl/N-ethyl adjacent to an activating group) is 1. The van der Waals surface area contributed by atoms with E-state index in [9.17, 15) is 10.2 Å². The third-order valence-corrected chi connectivity index (χ3v) is 3.02. The predicted molar refractivity (Wildman–Crippen MR) is 54.1 cm³/mol. The van der Waals surface area contributed by atoms with Gasteiger partial charge in [0.1, 0.15) is 5.75 Å². The second kappa shape index (κ2) is 3.26. The van der Waals surface area contributed by atoms with E-state index in [0.717, 1.165) is 11.1 Å². The molecule has 0 fully saturated rings. The maximum Gasteiger partial charge on any atom is 0.120 e. The summed E-state index contributed by atoms with van der Waals surface area (Å²) in [6.07, 6.45) is -0.488. The Balaban J connectivity index is 2.56. The fourth-order valence-electron chi connectivity index (χ4n) is 2.07. The number of benzene rings is 1. The summed E-state index contributed by atoms with van der Waals surface area (Å²) < 4.78 is 0. The van der Waals surface area contributed by atoms with Gasteiger partial charge in [-0.2, -0.15) is 0 Å². The third-order valence-electron chi connectivity index (χ3n) is 3.02. The standard InChI is InChI=1S/C11H15NO2/c1-7-11-8(4-3-5-9(11)13)10(14)6-12(7)2/h3-5,7,10,13-14H,6H2,1-2H3/t7?,10-/m0/s1. The van der Waals surface area contributed by atoms with Crippen LogP contribution in [-0.2, 0) is 0 Å². The SMILES string of the molecule is CC1c2c(O)cccc2[C@@H](O)CN1C. The van der Waals surface area contributed by atoms with Crippen LogP contribution in [0.4, 0.5) is 0 Å². The van der Waals surface area contributed by atoms with Crippen molar-refractivity contribution in [1.29, 1.82) is 0 Å². The minimum absolute atomic E-state index is 0.162. The third kappa shape index (κ3) is 1.29. The summed E-state index contributed by atoms with van der Waals surface area (Å²) in [5.74, 6) is 0.278. The van der Waals surface area contributed by atoms with Gasteiger partial charge in [0, 0.05) is 18.2 Å². The van der Waals surface area contributed by atoms with E-state index in [2.05, 4.69) is 0 Å². The van der Waals surface area contributed by atoms with Gasteiger partial charge in [-0.05, 0) is 25.6 Å². The molecule has 0 bridgehead atoms. The van der Waals surface area contributed by atoms with Gasteiger partial charge in [0.15, 0.2) is 0 Å². The van der Waals surface area contributed by atoms with Crippen LogP contribution in [0.5, 0.6) is 5.75 Å². The number of rotatable bonds is 0. The Hall–Kier alpha value is -1.06. The zero-order valence-corrected chi connectivity index (χ0v) is 8.44. The molecule has 1 heterocycles. The van der Waals surface area contributed by atoms with E-state index in [1.807, 2.05) is 24.9 Å². The maximum absolute atomic E-state index is 9.82. The van der Waals surface area contributed by atoms with Crippen LogP contribution in [0.25, 0.3) is 0 Å². The van der Waals surface area contributed by atoms with Crippen molar-refractivity contribution in [1.82, 2.24) is 4.90 Å². The van der Waals surface area contributed by atoms with Crippen LogP contribution in [0.15, 0.2) is 18.2 Å². The number of phenolic OH excluding ortho intramolecular Hbond substituents is 1. The van der Waals surface area contributed by atoms with Crippen molar-refractivity contribution in [3.8, 4) is 5.75 Å². The zero-order valence-electron chi connectivity index (χ0n) is 8.44. The summed E-state index contributed by atoms with van der Waals surface area (Å²) in [6, 6.07) is 5.48. The van der Waals surface area contributed by atoms with Crippen LogP contribution in [0.2, 0.25) is 0 Å². The van der Waals surface area contributed by atoms with Crippen molar-refractivity contribution in [2.24, 2.45) is 0 Å². The number of fused-ring (bicyclic) bond motifs is 1. The van der Waals surface area contributed by atoms with Gasteiger partial charge < -0.3 is 10.2 Å². The molecule has 2 rings (SSSR count). The molecule has 0 aromatic heterocycles. The van der Waals surface area contributed by atoms with Crippen LogP contribution in [0.3, 0.4) is 0 Å². The molecule has 0 spiro atoms. The molecule has 1 aromatic rings. The van der Waals surface area contributed by atoms with Crippen molar-refractivity contribution in [2.75, 3.05) is 13.6 Å². The molecule has 1 aromatic carbocycles. The molecule has 1 aliphatic heterocycles. The van der Waals surface area contributed by atoms with Crippen molar-refractivity contribution < 1.29 is 10.2 Å². The fraction of sp³-hybridized carbons (Fsp3) is 0.455. The summed E-state index contributed by atoms with van der Waals surface area (Å²) in [6.45, 7) is 2.65. The molecule has 0 amide bonds. The number of aliphatic hydroxyl groups is 1. The summed E-state index contributed by atoms with van der Waals surface area (Å²) in [5.41, 5.74) is 1.71. The Morgan fingerprint density at radius 3 is 2.86 bits per heavy atom. The molecule has 3 nitrogen and oxygen atoms in total. The number of aliphatic hydroxyl groups excluding tert-OH is 1. The number of hydrogen-bond donors (Lipinski definition) is 2. The quantitative estimate of drug-likeness (QED) is 0.655. The lowest BCUT2D eigenvalue weighted by atomic mass is 9.91. The lowest BCUT2D eigenvalue weighted by Gasteiger charge is -2.35. The highest BCUT2D eigenvalue weighted by molar-refractivity contribution is 5.44. The van der Waals surface area contributed by atoms with Gasteiger partial charge in [-0.1, -0.05) is 12.1 Å². The van der Waals surface area contributed by atoms with Gasteiger partial charge in [-0.25, -0.2) is 0 Å². The van der Waals surface area contributed by atoms with Crippen molar-refractivity contribution in [3.05, 3.63) is 29.3 Å². The molecule has 14 heavy (non-hydrogen) atoms. The van der Waals surface area contributed by atoms with E-state index in [1.54, 1.807) is 12.1 Å². The normalized spacial score (nSPS) is 27.4. The molecular formula is C11H15NO2. The smallest absolute Gasteiger partial charge is 0.120 e. The topological polar surface area (TPSA) is 43.7 Å². The Bertz CT molecular complexity index is 351. The molecule has 2 atom stereocenters. The molecule has 0 aliphatic carbocycles. The first-order chi connectivity index (χ1) is 6.61. The summed E-state index contributed by atoms with van der Waals surface area (Å²) >= 11 is 0. The first-order valence-corrected chi connectivity index (χ1v) is 4.81. The Morgan fingerprint density at radius 2 is 2.14 bits per heavy atom. The summed E-state index contributed by atoms with van der Waals surface area (Å²) in [4.78, 5) is 2.03. The summed E-state index contributed by atoms with van der Waals surface area (Å²) in [5, 5.41) is 19.5. The Labute approximate surface area is 83.6 Å². The number of hydrogen-bond acceptors (Lipinski definition) is 3. The molecular weight excluding hydrogens is 178 g/mol. The van der Waals surface area contributed by atoms with E-state index in [-0.39, 0.29) is 11.8 Å². The maximum atomic E-state index is 9.82. The van der Waals surface area contributed by atoms with Crippen LogP contribution in [0, 0.1) is 0 Å². The molecule has 3 heteroatoms. The molecule has 0 radical (unpaired) electrons. The first-order valence-electron chi connectivity index (χ1n) is 4.81. The van der Waals surface area contributed by atoms with Gasteiger partial charge in [0.05, 0.1) is 6.10 Å². The lowest BCUT2D eigenvalue weighted by Crippen LogP contribution is -2.33. The van der Waals surface area contributed by atoms with E-state index >= 15 is 0 Å². The largest absolute Gasteiger partial charge is 0.508 e. The van der Waals surface area contributed by atoms with Crippen LogP contribution in [-0.4, -0.2) is 28.7 Å². The minimum Gasteiger partial charge on any atom is -0.508 e. The molecule has 1 unspecified atom stereocenters. The second-order valence-electron chi connectivity index (χ2n) is 3.91. The van der Waals surface area contributed by atoms with Crippen LogP contribution < -0.4 is 0 Å². The van der Waals surface area contributed by atoms with Crippen molar-refractivity contribution in [2.45, 2.75) is 19.1 Å². The molecule has 2 N–H and O–H groups in total. The van der Waals surface area contributed by atoms with Gasteiger partial charge >= 0.3 is 0 Å².